The second-order valence-corrected chi connectivity index (χ2v) is 10.0. The van der Waals surface area contributed by atoms with Gasteiger partial charge in [0.25, 0.3) is 11.8 Å². The van der Waals surface area contributed by atoms with Crippen LogP contribution in [0, 0.1) is 0 Å². The first-order chi connectivity index (χ1) is 21.7. The van der Waals surface area contributed by atoms with E-state index < -0.39 is 6.04 Å². The Morgan fingerprint density at radius 1 is 0.556 bits per heavy atom. The lowest BCUT2D eigenvalue weighted by atomic mass is 10.0. The van der Waals surface area contributed by atoms with Crippen molar-refractivity contribution in [2.45, 2.75) is 13.0 Å². The largest absolute Gasteiger partial charge is 0.497 e. The van der Waals surface area contributed by atoms with Crippen molar-refractivity contribution < 1.29 is 38.1 Å². The minimum atomic E-state index is -0.398. The summed E-state index contributed by atoms with van der Waals surface area (Å²) < 4.78 is 21.1. The first kappa shape index (κ1) is 32.3. The zero-order valence-corrected chi connectivity index (χ0v) is 25.6. The first-order valence-electron chi connectivity index (χ1n) is 14.0. The molecule has 4 aromatic carbocycles. The number of benzene rings is 4. The average molecular weight is 611 g/mol. The van der Waals surface area contributed by atoms with Gasteiger partial charge in [-0.1, -0.05) is 24.3 Å². The summed E-state index contributed by atoms with van der Waals surface area (Å²) in [5, 5.41) is 5.63. The van der Waals surface area contributed by atoms with Crippen molar-refractivity contribution in [2.24, 2.45) is 0 Å². The van der Waals surface area contributed by atoms with E-state index in [4.69, 9.17) is 18.9 Å². The van der Waals surface area contributed by atoms with Gasteiger partial charge in [-0.2, -0.15) is 0 Å². The van der Waals surface area contributed by atoms with Gasteiger partial charge in [-0.25, -0.2) is 0 Å². The molecule has 10 nitrogen and oxygen atoms in total. The maximum atomic E-state index is 13.1. The number of hydrogen-bond acceptors (Lipinski definition) is 8. The molecule has 0 aliphatic heterocycles. The molecule has 4 aromatic rings. The van der Waals surface area contributed by atoms with Crippen molar-refractivity contribution in [3.8, 4) is 23.0 Å². The normalized spacial score (nSPS) is 11.1. The Hall–Kier alpha value is -5.64. The summed E-state index contributed by atoms with van der Waals surface area (Å²) >= 11 is 0. The predicted molar refractivity (Wildman–Crippen MR) is 168 cm³/mol. The van der Waals surface area contributed by atoms with E-state index in [1.165, 1.54) is 28.4 Å². The fourth-order valence-electron chi connectivity index (χ4n) is 4.55. The fourth-order valence-corrected chi connectivity index (χ4v) is 4.55. The molecule has 0 spiro atoms. The molecule has 0 saturated heterocycles. The van der Waals surface area contributed by atoms with E-state index in [-0.39, 0.29) is 29.9 Å². The van der Waals surface area contributed by atoms with Crippen LogP contribution in [0.2, 0.25) is 0 Å². The van der Waals surface area contributed by atoms with E-state index >= 15 is 0 Å². The van der Waals surface area contributed by atoms with E-state index in [0.717, 1.165) is 0 Å². The molecule has 45 heavy (non-hydrogen) atoms. The lowest BCUT2D eigenvalue weighted by Gasteiger charge is -2.15. The third kappa shape index (κ3) is 7.66. The summed E-state index contributed by atoms with van der Waals surface area (Å²) in [5.74, 6) is 0.615. The molecule has 1 atom stereocenters. The molecule has 4 rings (SSSR count). The van der Waals surface area contributed by atoms with Crippen LogP contribution in [0.1, 0.15) is 59.5 Å². The highest BCUT2D eigenvalue weighted by Gasteiger charge is 2.19. The van der Waals surface area contributed by atoms with Gasteiger partial charge in [-0.15, -0.1) is 0 Å². The second-order valence-electron chi connectivity index (χ2n) is 10.0. The Morgan fingerprint density at radius 3 is 1.36 bits per heavy atom. The maximum Gasteiger partial charge on any atom is 0.251 e. The number of carbonyl (C=O) groups is 4. The summed E-state index contributed by atoms with van der Waals surface area (Å²) in [7, 11) is 5.99. The molecule has 0 fully saturated rings. The molecular formula is C35H34N2O8. The third-order valence-corrected chi connectivity index (χ3v) is 7.07. The van der Waals surface area contributed by atoms with Gasteiger partial charge in [0.05, 0.1) is 39.6 Å². The van der Waals surface area contributed by atoms with Crippen molar-refractivity contribution in [1.29, 1.82) is 0 Å². The van der Waals surface area contributed by atoms with Crippen LogP contribution in [-0.2, 0) is 0 Å². The molecule has 1 unspecified atom stereocenters. The van der Waals surface area contributed by atoms with E-state index in [0.29, 0.717) is 56.4 Å². The van der Waals surface area contributed by atoms with Gasteiger partial charge >= 0.3 is 0 Å². The summed E-state index contributed by atoms with van der Waals surface area (Å²) in [6.07, 6.45) is 0. The molecule has 0 aliphatic rings. The molecule has 0 aliphatic carbocycles. The molecule has 0 aromatic heterocycles. The molecule has 0 heterocycles. The minimum absolute atomic E-state index is 0.165. The van der Waals surface area contributed by atoms with Crippen LogP contribution in [-0.4, -0.2) is 64.4 Å². The van der Waals surface area contributed by atoms with Crippen LogP contribution in [0.3, 0.4) is 0 Å². The Bertz CT molecular complexity index is 1700. The van der Waals surface area contributed by atoms with E-state index in [1.54, 1.807) is 91.9 Å². The summed E-state index contributed by atoms with van der Waals surface area (Å²) in [4.78, 5) is 51.7. The summed E-state index contributed by atoms with van der Waals surface area (Å²) in [5.41, 5.74) is 2.17. The Balaban J connectivity index is 1.32. The Kier molecular flexibility index (Phi) is 10.5. The van der Waals surface area contributed by atoms with Gasteiger partial charge in [0.15, 0.2) is 11.6 Å². The van der Waals surface area contributed by atoms with Crippen molar-refractivity contribution in [2.75, 3.05) is 35.0 Å². The molecule has 232 valence electrons. The van der Waals surface area contributed by atoms with Crippen LogP contribution in [0.25, 0.3) is 0 Å². The minimum Gasteiger partial charge on any atom is -0.497 e. The van der Waals surface area contributed by atoms with E-state index in [9.17, 15) is 19.2 Å². The van der Waals surface area contributed by atoms with Gasteiger partial charge in [-0.3, -0.25) is 19.2 Å². The Labute approximate surface area is 261 Å². The standard InChI is InChI=1S/C35H34N2O8/c1-21(37-35(41)25-12-8-23(9-13-25)33(39)29-19-27(43-3)15-17-31(29)45-5)20-36-34(40)24-10-6-22(7-11-24)32(38)28-18-26(42-2)14-16-30(28)44-4/h6-19,21H,20H2,1-5H3,(H,36,40)(H,37,41). The molecule has 2 N–H and O–H groups in total. The van der Waals surface area contributed by atoms with Crippen LogP contribution in [0.4, 0.5) is 0 Å². The smallest absolute Gasteiger partial charge is 0.251 e. The first-order valence-corrected chi connectivity index (χ1v) is 14.0. The van der Waals surface area contributed by atoms with Gasteiger partial charge in [0.1, 0.15) is 23.0 Å². The molecule has 0 radical (unpaired) electrons. The van der Waals surface area contributed by atoms with Crippen LogP contribution in [0.15, 0.2) is 84.9 Å². The third-order valence-electron chi connectivity index (χ3n) is 7.07. The van der Waals surface area contributed by atoms with Crippen molar-refractivity contribution in [3.63, 3.8) is 0 Å². The summed E-state index contributed by atoms with van der Waals surface area (Å²) in [6.45, 7) is 1.92. The highest BCUT2D eigenvalue weighted by Crippen LogP contribution is 2.28. The number of hydrogen-bond donors (Lipinski definition) is 2. The topological polar surface area (TPSA) is 129 Å². The quantitative estimate of drug-likeness (QED) is 0.208. The predicted octanol–water partition coefficient (Wildman–Crippen LogP) is 4.73. The van der Waals surface area contributed by atoms with E-state index in [2.05, 4.69) is 10.6 Å². The highest BCUT2D eigenvalue weighted by atomic mass is 16.5. The highest BCUT2D eigenvalue weighted by molar-refractivity contribution is 6.12. The monoisotopic (exact) mass is 610 g/mol. The number of amides is 2. The lowest BCUT2D eigenvalue weighted by Crippen LogP contribution is -2.41. The average Bonchev–Trinajstić information content (AvgIpc) is 3.09. The number of ether oxygens (including phenoxy) is 4. The van der Waals surface area contributed by atoms with Gasteiger partial charge < -0.3 is 29.6 Å². The SMILES string of the molecule is COc1ccc(OC)c(C(=O)c2ccc(C(=O)NCC(C)NC(=O)c3ccc(C(=O)c4cc(OC)ccc4OC)cc3)cc2)c1. The number of carbonyl (C=O) groups excluding carboxylic acids is 4. The van der Waals surface area contributed by atoms with Crippen LogP contribution in [0.5, 0.6) is 23.0 Å². The van der Waals surface area contributed by atoms with Crippen molar-refractivity contribution >= 4 is 23.4 Å². The van der Waals surface area contributed by atoms with Crippen LogP contribution >= 0.6 is 0 Å². The number of ketones is 2. The van der Waals surface area contributed by atoms with Crippen molar-refractivity contribution in [1.82, 2.24) is 10.6 Å². The van der Waals surface area contributed by atoms with Gasteiger partial charge in [0, 0.05) is 34.8 Å². The molecule has 2 amide bonds. The van der Waals surface area contributed by atoms with E-state index in [1.807, 2.05) is 0 Å². The zero-order chi connectivity index (χ0) is 32.5. The second kappa shape index (κ2) is 14.7. The number of rotatable bonds is 13. The van der Waals surface area contributed by atoms with Gasteiger partial charge in [-0.05, 0) is 67.6 Å². The van der Waals surface area contributed by atoms with Gasteiger partial charge in [0.2, 0.25) is 0 Å². The maximum absolute atomic E-state index is 13.1. The van der Waals surface area contributed by atoms with Crippen molar-refractivity contribution in [3.05, 3.63) is 118 Å². The number of nitrogens with one attached hydrogen (secondary N) is 2. The fraction of sp³-hybridized carbons (Fsp3) is 0.200. The lowest BCUT2D eigenvalue weighted by molar-refractivity contribution is 0.0912. The molecule has 0 saturated carbocycles. The zero-order valence-electron chi connectivity index (χ0n) is 25.6. The molecule has 10 heteroatoms. The Morgan fingerprint density at radius 2 is 0.956 bits per heavy atom. The van der Waals surface area contributed by atoms with Crippen LogP contribution < -0.4 is 29.6 Å². The summed E-state index contributed by atoms with van der Waals surface area (Å²) in [6, 6.07) is 22.0. The molecular weight excluding hydrogens is 576 g/mol. The number of methoxy groups -OCH3 is 4. The molecule has 0 bridgehead atoms.